The highest BCUT2D eigenvalue weighted by atomic mass is 16.2. The molecule has 0 aliphatic rings. The molecule has 0 saturated heterocycles. The highest BCUT2D eigenvalue weighted by molar-refractivity contribution is 6.04. The van der Waals surface area contributed by atoms with Crippen LogP contribution in [0.4, 0.5) is 11.5 Å². The monoisotopic (exact) mass is 403 g/mol. The van der Waals surface area contributed by atoms with Crippen LogP contribution < -0.4 is 22.1 Å². The van der Waals surface area contributed by atoms with Gasteiger partial charge in [0.15, 0.2) is 0 Å². The van der Waals surface area contributed by atoms with Crippen LogP contribution in [0.2, 0.25) is 0 Å². The first kappa shape index (κ1) is 21.0. The van der Waals surface area contributed by atoms with E-state index in [1.165, 1.54) is 6.20 Å². The van der Waals surface area contributed by atoms with Crippen LogP contribution in [0.25, 0.3) is 0 Å². The van der Waals surface area contributed by atoms with Gasteiger partial charge in [0.05, 0.1) is 0 Å². The molecule has 0 aliphatic heterocycles. The Balaban J connectivity index is 1.45. The predicted molar refractivity (Wildman–Crippen MR) is 118 cm³/mol. The average Bonchev–Trinajstić information content (AvgIpc) is 2.77. The molecule has 0 aliphatic carbocycles. The van der Waals surface area contributed by atoms with Gasteiger partial charge in [0.2, 0.25) is 5.91 Å². The zero-order chi connectivity index (χ0) is 21.3. The van der Waals surface area contributed by atoms with E-state index in [1.807, 2.05) is 36.4 Å². The summed E-state index contributed by atoms with van der Waals surface area (Å²) in [5.74, 6) is 0.0818. The minimum absolute atomic E-state index is 0.0185. The van der Waals surface area contributed by atoms with E-state index in [1.54, 1.807) is 24.3 Å². The van der Waals surface area contributed by atoms with Crippen molar-refractivity contribution in [3.63, 3.8) is 0 Å². The molecule has 0 atom stereocenters. The molecule has 6 N–H and O–H groups in total. The molecule has 7 heteroatoms. The van der Waals surface area contributed by atoms with Gasteiger partial charge in [-0.15, -0.1) is 0 Å². The Morgan fingerprint density at radius 1 is 0.900 bits per heavy atom. The Labute approximate surface area is 175 Å². The topological polar surface area (TPSA) is 123 Å². The predicted octanol–water partition coefficient (Wildman–Crippen LogP) is 2.62. The van der Waals surface area contributed by atoms with Crippen LogP contribution in [-0.2, 0) is 24.3 Å². The second-order valence-corrected chi connectivity index (χ2v) is 6.92. The molecule has 3 aromatic rings. The summed E-state index contributed by atoms with van der Waals surface area (Å²) in [4.78, 5) is 28.3. The van der Waals surface area contributed by atoms with Gasteiger partial charge in [-0.25, -0.2) is 4.98 Å². The van der Waals surface area contributed by atoms with Gasteiger partial charge in [0.25, 0.3) is 5.91 Å². The summed E-state index contributed by atoms with van der Waals surface area (Å²) in [5, 5.41) is 5.68. The molecule has 2 aromatic carbocycles. The maximum absolute atomic E-state index is 12.3. The first-order valence-electron chi connectivity index (χ1n) is 9.70. The second kappa shape index (κ2) is 10.2. The lowest BCUT2D eigenvalue weighted by atomic mass is 10.1. The Kier molecular flexibility index (Phi) is 7.13. The van der Waals surface area contributed by atoms with E-state index in [9.17, 15) is 9.59 Å². The molecule has 7 nitrogen and oxygen atoms in total. The highest BCUT2D eigenvalue weighted by Crippen LogP contribution is 2.12. The molecule has 1 aromatic heterocycles. The molecule has 1 heterocycles. The van der Waals surface area contributed by atoms with E-state index in [4.69, 9.17) is 11.5 Å². The van der Waals surface area contributed by atoms with Crippen LogP contribution in [0, 0.1) is 0 Å². The van der Waals surface area contributed by atoms with E-state index >= 15 is 0 Å². The summed E-state index contributed by atoms with van der Waals surface area (Å²) >= 11 is 0. The fraction of sp³-hybridized carbons (Fsp3) is 0.174. The average molecular weight is 403 g/mol. The summed E-state index contributed by atoms with van der Waals surface area (Å²) in [5.41, 5.74) is 15.4. The van der Waals surface area contributed by atoms with Crippen molar-refractivity contribution in [2.75, 3.05) is 11.1 Å². The molecule has 30 heavy (non-hydrogen) atoms. The van der Waals surface area contributed by atoms with Crippen molar-refractivity contribution < 1.29 is 9.59 Å². The lowest BCUT2D eigenvalue weighted by Crippen LogP contribution is -2.23. The molecule has 0 unspecified atom stereocenters. The summed E-state index contributed by atoms with van der Waals surface area (Å²) in [6, 6.07) is 18.3. The standard InChI is InChI=1S/C23H25N5O2/c24-14-17-3-1-16(2-4-17)7-10-22(29)27-15-18-5-8-19(9-6-18)23(30)28-20-11-12-26-21(25)13-20/h1-6,8-9,11-13H,7,10,14-15,24H2,(H,27,29)(H3,25,26,28,30). The van der Waals surface area contributed by atoms with Crippen LogP contribution >= 0.6 is 0 Å². The van der Waals surface area contributed by atoms with Gasteiger partial charge in [0, 0.05) is 43.0 Å². The number of aromatic nitrogens is 1. The summed E-state index contributed by atoms with van der Waals surface area (Å²) in [7, 11) is 0. The number of hydrogen-bond donors (Lipinski definition) is 4. The van der Waals surface area contributed by atoms with Gasteiger partial charge in [-0.1, -0.05) is 36.4 Å². The maximum Gasteiger partial charge on any atom is 0.255 e. The number of rotatable bonds is 8. The molecular weight excluding hydrogens is 378 g/mol. The van der Waals surface area contributed by atoms with Crippen molar-refractivity contribution in [1.82, 2.24) is 10.3 Å². The quantitative estimate of drug-likeness (QED) is 0.460. The van der Waals surface area contributed by atoms with Crippen molar-refractivity contribution in [1.29, 1.82) is 0 Å². The Hall–Kier alpha value is -3.71. The number of nitrogens with two attached hydrogens (primary N) is 2. The number of carbonyl (C=O) groups is 2. The minimum Gasteiger partial charge on any atom is -0.384 e. The van der Waals surface area contributed by atoms with Gasteiger partial charge in [0.1, 0.15) is 5.82 Å². The Morgan fingerprint density at radius 2 is 1.57 bits per heavy atom. The maximum atomic E-state index is 12.3. The number of aryl methyl sites for hydroxylation is 1. The molecule has 0 saturated carbocycles. The van der Waals surface area contributed by atoms with Gasteiger partial charge in [-0.2, -0.15) is 0 Å². The van der Waals surface area contributed by atoms with Crippen LogP contribution in [0.5, 0.6) is 0 Å². The molecule has 154 valence electrons. The number of carbonyl (C=O) groups excluding carboxylic acids is 2. The highest BCUT2D eigenvalue weighted by Gasteiger charge is 2.07. The fourth-order valence-electron chi connectivity index (χ4n) is 2.89. The summed E-state index contributed by atoms with van der Waals surface area (Å²) in [6.45, 7) is 0.924. The lowest BCUT2D eigenvalue weighted by Gasteiger charge is -2.08. The zero-order valence-corrected chi connectivity index (χ0v) is 16.6. The normalized spacial score (nSPS) is 10.4. The molecular formula is C23H25N5O2. The first-order valence-corrected chi connectivity index (χ1v) is 9.70. The first-order chi connectivity index (χ1) is 14.5. The number of nitrogens with zero attached hydrogens (tertiary/aromatic N) is 1. The molecule has 0 fully saturated rings. The fourth-order valence-corrected chi connectivity index (χ4v) is 2.89. The van der Waals surface area contributed by atoms with E-state index in [-0.39, 0.29) is 11.8 Å². The third-order valence-electron chi connectivity index (χ3n) is 4.64. The number of pyridine rings is 1. The van der Waals surface area contributed by atoms with Gasteiger partial charge >= 0.3 is 0 Å². The van der Waals surface area contributed by atoms with Gasteiger partial charge in [-0.05, 0) is 41.3 Å². The third-order valence-corrected chi connectivity index (χ3v) is 4.64. The van der Waals surface area contributed by atoms with Crippen molar-refractivity contribution >= 4 is 23.3 Å². The number of nitrogen functional groups attached to an aromatic ring is 1. The van der Waals surface area contributed by atoms with Crippen LogP contribution in [0.15, 0.2) is 66.9 Å². The Morgan fingerprint density at radius 3 is 2.23 bits per heavy atom. The summed E-state index contributed by atoms with van der Waals surface area (Å²) < 4.78 is 0. The van der Waals surface area contributed by atoms with E-state index in [0.717, 1.165) is 16.7 Å². The van der Waals surface area contributed by atoms with Crippen LogP contribution in [-0.4, -0.2) is 16.8 Å². The number of anilines is 2. The Bertz CT molecular complexity index is 1000. The lowest BCUT2D eigenvalue weighted by molar-refractivity contribution is -0.121. The van der Waals surface area contributed by atoms with Crippen LogP contribution in [0.3, 0.4) is 0 Å². The minimum atomic E-state index is -0.239. The number of amides is 2. The van der Waals surface area contributed by atoms with Crippen LogP contribution in [0.1, 0.15) is 33.5 Å². The van der Waals surface area contributed by atoms with Crippen molar-refractivity contribution in [2.45, 2.75) is 25.9 Å². The van der Waals surface area contributed by atoms with E-state index in [2.05, 4.69) is 15.6 Å². The van der Waals surface area contributed by atoms with Gasteiger partial charge < -0.3 is 22.1 Å². The number of nitrogens with one attached hydrogen (secondary N) is 2. The SMILES string of the molecule is NCc1ccc(CCC(=O)NCc2ccc(C(=O)Nc3ccnc(N)c3)cc2)cc1. The molecule has 2 amide bonds. The molecule has 0 bridgehead atoms. The molecule has 3 rings (SSSR count). The van der Waals surface area contributed by atoms with Crippen molar-refractivity contribution in [2.24, 2.45) is 5.73 Å². The number of hydrogen-bond acceptors (Lipinski definition) is 5. The summed E-state index contributed by atoms with van der Waals surface area (Å²) in [6.07, 6.45) is 2.62. The number of benzene rings is 2. The zero-order valence-electron chi connectivity index (χ0n) is 16.6. The van der Waals surface area contributed by atoms with Crippen molar-refractivity contribution in [3.8, 4) is 0 Å². The van der Waals surface area contributed by atoms with Crippen molar-refractivity contribution in [3.05, 3.63) is 89.1 Å². The molecule has 0 spiro atoms. The second-order valence-electron chi connectivity index (χ2n) is 6.92. The largest absolute Gasteiger partial charge is 0.384 e. The third kappa shape index (κ3) is 6.15. The smallest absolute Gasteiger partial charge is 0.255 e. The van der Waals surface area contributed by atoms with E-state index < -0.39 is 0 Å². The van der Waals surface area contributed by atoms with Gasteiger partial charge in [-0.3, -0.25) is 9.59 Å². The molecule has 0 radical (unpaired) electrons. The van der Waals surface area contributed by atoms with E-state index in [0.29, 0.717) is 43.0 Å².